The van der Waals surface area contributed by atoms with Crippen LogP contribution in [-0.4, -0.2) is 16.2 Å². The molecule has 4 heteroatoms. The zero-order valence-electron chi connectivity index (χ0n) is 8.58. The first-order valence-electron chi connectivity index (χ1n) is 5.25. The molecule has 3 rings (SSSR count). The Morgan fingerprint density at radius 2 is 2.14 bits per heavy atom. The number of nitrogens with one attached hydrogen (secondary N) is 1. The predicted molar refractivity (Wildman–Crippen MR) is 52.1 cm³/mol. The quantitative estimate of drug-likeness (QED) is 0.799. The summed E-state index contributed by atoms with van der Waals surface area (Å²) in [5.74, 6) is 1.37. The van der Waals surface area contributed by atoms with Crippen LogP contribution >= 0.6 is 0 Å². The van der Waals surface area contributed by atoms with E-state index in [1.807, 2.05) is 0 Å². The van der Waals surface area contributed by atoms with Crippen LogP contribution in [0.5, 0.6) is 0 Å². The molecule has 1 aromatic rings. The van der Waals surface area contributed by atoms with Crippen LogP contribution in [0.3, 0.4) is 0 Å². The molecule has 2 aliphatic carbocycles. The summed E-state index contributed by atoms with van der Waals surface area (Å²) in [5, 5.41) is 7.21. The molecule has 0 bridgehead atoms. The maximum atomic E-state index is 5.14. The number of aromatic nitrogens is 2. The SMILES string of the molecule is CC1(C)CC1c1noc(NC2CC2)n1. The van der Waals surface area contributed by atoms with Gasteiger partial charge >= 0.3 is 6.01 Å². The lowest BCUT2D eigenvalue weighted by Gasteiger charge is -1.96. The molecule has 14 heavy (non-hydrogen) atoms. The smallest absolute Gasteiger partial charge is 0.321 e. The van der Waals surface area contributed by atoms with Gasteiger partial charge in [0.25, 0.3) is 0 Å². The molecule has 0 aliphatic heterocycles. The van der Waals surface area contributed by atoms with Crippen molar-refractivity contribution in [1.29, 1.82) is 0 Å². The number of hydrogen-bond donors (Lipinski definition) is 1. The Morgan fingerprint density at radius 3 is 2.71 bits per heavy atom. The Kier molecular flexibility index (Phi) is 1.47. The highest BCUT2D eigenvalue weighted by atomic mass is 16.5. The molecule has 1 heterocycles. The third kappa shape index (κ3) is 1.38. The van der Waals surface area contributed by atoms with Crippen molar-refractivity contribution in [1.82, 2.24) is 10.1 Å². The fourth-order valence-electron chi connectivity index (χ4n) is 1.75. The van der Waals surface area contributed by atoms with Gasteiger partial charge in [-0.15, -0.1) is 0 Å². The van der Waals surface area contributed by atoms with Crippen LogP contribution in [0.1, 0.15) is 44.9 Å². The van der Waals surface area contributed by atoms with Gasteiger partial charge in [0.1, 0.15) is 0 Å². The van der Waals surface area contributed by atoms with E-state index in [-0.39, 0.29) is 0 Å². The van der Waals surface area contributed by atoms with E-state index in [4.69, 9.17) is 4.52 Å². The highest BCUT2D eigenvalue weighted by Crippen LogP contribution is 2.57. The molecular weight excluding hydrogens is 178 g/mol. The predicted octanol–water partition coefficient (Wildman–Crippen LogP) is 2.16. The molecule has 1 unspecified atom stereocenters. The molecule has 76 valence electrons. The fraction of sp³-hybridized carbons (Fsp3) is 0.800. The zero-order chi connectivity index (χ0) is 9.76. The van der Waals surface area contributed by atoms with E-state index >= 15 is 0 Å². The molecule has 1 aromatic heterocycles. The average Bonchev–Trinajstić information content (AvgIpc) is 2.95. The Hall–Kier alpha value is -1.06. The summed E-state index contributed by atoms with van der Waals surface area (Å²) in [7, 11) is 0. The van der Waals surface area contributed by atoms with Gasteiger partial charge in [0.2, 0.25) is 0 Å². The maximum absolute atomic E-state index is 5.14. The first kappa shape index (κ1) is 8.26. The topological polar surface area (TPSA) is 51.0 Å². The maximum Gasteiger partial charge on any atom is 0.321 e. The summed E-state index contributed by atoms with van der Waals surface area (Å²) in [6, 6.07) is 1.18. The molecule has 4 nitrogen and oxygen atoms in total. The molecule has 2 fully saturated rings. The molecule has 1 N–H and O–H groups in total. The van der Waals surface area contributed by atoms with Crippen LogP contribution in [0, 0.1) is 5.41 Å². The molecule has 0 amide bonds. The molecule has 0 aromatic carbocycles. The molecule has 1 atom stereocenters. The molecule has 2 aliphatic rings. The molecular formula is C10H15N3O. The summed E-state index contributed by atoms with van der Waals surface area (Å²) in [4.78, 5) is 4.36. The highest BCUT2D eigenvalue weighted by Gasteiger charge is 2.49. The largest absolute Gasteiger partial charge is 0.335 e. The normalized spacial score (nSPS) is 28.9. The van der Waals surface area contributed by atoms with Gasteiger partial charge in [-0.25, -0.2) is 0 Å². The monoisotopic (exact) mass is 193 g/mol. The lowest BCUT2D eigenvalue weighted by molar-refractivity contribution is 0.419. The van der Waals surface area contributed by atoms with Gasteiger partial charge in [-0.05, 0) is 24.7 Å². The van der Waals surface area contributed by atoms with Crippen LogP contribution in [0.2, 0.25) is 0 Å². The summed E-state index contributed by atoms with van der Waals surface area (Å²) < 4.78 is 5.14. The molecule has 2 saturated carbocycles. The van der Waals surface area contributed by atoms with Crippen molar-refractivity contribution in [3.8, 4) is 0 Å². The number of rotatable bonds is 3. The van der Waals surface area contributed by atoms with Gasteiger partial charge in [0, 0.05) is 12.0 Å². The Labute approximate surface area is 83.1 Å². The van der Waals surface area contributed by atoms with Crippen LogP contribution in [0.4, 0.5) is 6.01 Å². The summed E-state index contributed by atoms with van der Waals surface area (Å²) in [6.07, 6.45) is 3.63. The van der Waals surface area contributed by atoms with Gasteiger partial charge in [-0.2, -0.15) is 4.98 Å². The summed E-state index contributed by atoms with van der Waals surface area (Å²) in [6.45, 7) is 4.48. The minimum atomic E-state index is 0.376. The van der Waals surface area contributed by atoms with E-state index in [0.717, 1.165) is 5.82 Å². The fourth-order valence-corrected chi connectivity index (χ4v) is 1.75. The average molecular weight is 193 g/mol. The van der Waals surface area contributed by atoms with Crippen LogP contribution < -0.4 is 5.32 Å². The highest BCUT2D eigenvalue weighted by molar-refractivity contribution is 5.26. The number of hydrogen-bond acceptors (Lipinski definition) is 4. The summed E-state index contributed by atoms with van der Waals surface area (Å²) in [5.41, 5.74) is 0.376. The van der Waals surface area contributed by atoms with Crippen molar-refractivity contribution < 1.29 is 4.52 Å². The third-order valence-corrected chi connectivity index (χ3v) is 3.17. The minimum Gasteiger partial charge on any atom is -0.335 e. The minimum absolute atomic E-state index is 0.376. The van der Waals surface area contributed by atoms with Crippen molar-refractivity contribution in [3.05, 3.63) is 5.82 Å². The zero-order valence-corrected chi connectivity index (χ0v) is 8.58. The second-order valence-corrected chi connectivity index (χ2v) is 5.12. The van der Waals surface area contributed by atoms with Crippen LogP contribution in [-0.2, 0) is 0 Å². The lowest BCUT2D eigenvalue weighted by Crippen LogP contribution is -2.01. The van der Waals surface area contributed by atoms with Gasteiger partial charge in [-0.3, -0.25) is 0 Å². The van der Waals surface area contributed by atoms with E-state index in [9.17, 15) is 0 Å². The number of nitrogens with zero attached hydrogens (tertiary/aromatic N) is 2. The van der Waals surface area contributed by atoms with E-state index in [1.165, 1.54) is 19.3 Å². The standard InChI is InChI=1S/C10H15N3O/c1-10(2)5-7(10)8-12-9(14-13-8)11-6-3-4-6/h6-7H,3-5H2,1-2H3,(H,11,12,13). The third-order valence-electron chi connectivity index (χ3n) is 3.17. The Morgan fingerprint density at radius 1 is 1.43 bits per heavy atom. The lowest BCUT2D eigenvalue weighted by atomic mass is 10.1. The second kappa shape index (κ2) is 2.49. The van der Waals surface area contributed by atoms with Gasteiger partial charge in [0.05, 0.1) is 0 Å². The van der Waals surface area contributed by atoms with Crippen molar-refractivity contribution in [3.63, 3.8) is 0 Å². The van der Waals surface area contributed by atoms with E-state index in [2.05, 4.69) is 29.3 Å². The van der Waals surface area contributed by atoms with E-state index in [0.29, 0.717) is 23.4 Å². The first-order chi connectivity index (χ1) is 6.65. The van der Waals surface area contributed by atoms with Crippen molar-refractivity contribution >= 4 is 6.01 Å². The van der Waals surface area contributed by atoms with Crippen molar-refractivity contribution in [2.75, 3.05) is 5.32 Å². The first-order valence-corrected chi connectivity index (χ1v) is 5.25. The van der Waals surface area contributed by atoms with E-state index in [1.54, 1.807) is 0 Å². The van der Waals surface area contributed by atoms with E-state index < -0.39 is 0 Å². The molecule has 0 spiro atoms. The van der Waals surface area contributed by atoms with Crippen molar-refractivity contribution in [2.45, 2.75) is 45.1 Å². The Balaban J connectivity index is 1.71. The second-order valence-electron chi connectivity index (χ2n) is 5.12. The van der Waals surface area contributed by atoms with Crippen LogP contribution in [0.15, 0.2) is 4.52 Å². The molecule has 0 radical (unpaired) electrons. The van der Waals surface area contributed by atoms with Gasteiger partial charge in [0.15, 0.2) is 5.82 Å². The Bertz CT molecular complexity index is 354. The molecule has 0 saturated heterocycles. The summed E-state index contributed by atoms with van der Waals surface area (Å²) >= 11 is 0. The van der Waals surface area contributed by atoms with Crippen LogP contribution in [0.25, 0.3) is 0 Å². The van der Waals surface area contributed by atoms with Gasteiger partial charge < -0.3 is 9.84 Å². The number of anilines is 1. The van der Waals surface area contributed by atoms with Gasteiger partial charge in [-0.1, -0.05) is 19.0 Å². The van der Waals surface area contributed by atoms with Crippen molar-refractivity contribution in [2.24, 2.45) is 5.41 Å².